The SMILES string of the molecule is Cc1cc(NC(=O)Cn2ccn3nc(-c4ccc5c(c4)OCO5)cc3c2=O)no1. The summed E-state index contributed by atoms with van der Waals surface area (Å²) in [5, 5.41) is 10.7. The lowest BCUT2D eigenvalue weighted by atomic mass is 10.1. The van der Waals surface area contributed by atoms with Gasteiger partial charge in [0.1, 0.15) is 17.8 Å². The van der Waals surface area contributed by atoms with Gasteiger partial charge in [-0.2, -0.15) is 5.10 Å². The zero-order valence-corrected chi connectivity index (χ0v) is 15.3. The quantitative estimate of drug-likeness (QED) is 0.563. The summed E-state index contributed by atoms with van der Waals surface area (Å²) in [4.78, 5) is 25.0. The molecule has 1 aliphatic rings. The fourth-order valence-electron chi connectivity index (χ4n) is 3.11. The Balaban J connectivity index is 1.43. The van der Waals surface area contributed by atoms with E-state index in [1.54, 1.807) is 31.3 Å². The molecule has 0 atom stereocenters. The molecule has 146 valence electrons. The minimum absolute atomic E-state index is 0.161. The Hall–Kier alpha value is -4.08. The standard InChI is InChI=1S/C19H15N5O5/c1-11-6-17(22-29-11)20-18(25)9-23-4-5-24-14(19(23)26)8-13(21-24)12-2-3-15-16(7-12)28-10-27-15/h2-8H,9-10H2,1H3,(H,20,22,25). The van der Waals surface area contributed by atoms with Gasteiger partial charge < -0.3 is 23.9 Å². The minimum atomic E-state index is -0.389. The number of rotatable bonds is 4. The van der Waals surface area contributed by atoms with Crippen LogP contribution in [0.2, 0.25) is 0 Å². The summed E-state index contributed by atoms with van der Waals surface area (Å²) < 4.78 is 18.4. The van der Waals surface area contributed by atoms with Crippen LogP contribution in [0.5, 0.6) is 11.5 Å². The van der Waals surface area contributed by atoms with Gasteiger partial charge in [-0.05, 0) is 31.2 Å². The number of aryl methyl sites for hydroxylation is 1. The molecule has 1 aromatic carbocycles. The van der Waals surface area contributed by atoms with E-state index in [0.29, 0.717) is 34.3 Å². The molecule has 0 saturated heterocycles. The number of hydrogen-bond donors (Lipinski definition) is 1. The Morgan fingerprint density at radius 3 is 2.86 bits per heavy atom. The molecule has 5 rings (SSSR count). The van der Waals surface area contributed by atoms with Gasteiger partial charge in [0.15, 0.2) is 17.3 Å². The van der Waals surface area contributed by atoms with Crippen molar-refractivity contribution < 1.29 is 18.8 Å². The zero-order valence-electron chi connectivity index (χ0n) is 15.3. The number of carbonyl (C=O) groups excluding carboxylic acids is 1. The van der Waals surface area contributed by atoms with E-state index in [0.717, 1.165) is 5.56 Å². The number of benzene rings is 1. The first-order chi connectivity index (χ1) is 14.1. The molecule has 0 saturated carbocycles. The fraction of sp³-hybridized carbons (Fsp3) is 0.158. The highest BCUT2D eigenvalue weighted by atomic mass is 16.7. The van der Waals surface area contributed by atoms with Crippen LogP contribution in [0.1, 0.15) is 5.76 Å². The molecule has 29 heavy (non-hydrogen) atoms. The number of ether oxygens (including phenoxy) is 2. The number of amides is 1. The fourth-order valence-corrected chi connectivity index (χ4v) is 3.11. The van der Waals surface area contributed by atoms with Gasteiger partial charge in [-0.3, -0.25) is 9.59 Å². The van der Waals surface area contributed by atoms with Crippen LogP contribution in [0.4, 0.5) is 5.82 Å². The van der Waals surface area contributed by atoms with Crippen molar-refractivity contribution in [3.05, 3.63) is 58.8 Å². The summed E-state index contributed by atoms with van der Waals surface area (Å²) in [5.41, 5.74) is 1.42. The van der Waals surface area contributed by atoms with Crippen LogP contribution in [0, 0.1) is 6.92 Å². The zero-order chi connectivity index (χ0) is 20.0. The molecular weight excluding hydrogens is 378 g/mol. The second kappa shape index (κ2) is 6.51. The van der Waals surface area contributed by atoms with Crippen LogP contribution >= 0.6 is 0 Å². The highest BCUT2D eigenvalue weighted by Crippen LogP contribution is 2.35. The topological polar surface area (TPSA) is 113 Å². The monoisotopic (exact) mass is 393 g/mol. The summed E-state index contributed by atoms with van der Waals surface area (Å²) in [6.07, 6.45) is 3.14. The normalized spacial score (nSPS) is 12.4. The van der Waals surface area contributed by atoms with Gasteiger partial charge in [-0.1, -0.05) is 5.16 Å². The molecular formula is C19H15N5O5. The van der Waals surface area contributed by atoms with Crippen molar-refractivity contribution in [1.82, 2.24) is 19.3 Å². The van der Waals surface area contributed by atoms with Crippen LogP contribution in [-0.2, 0) is 11.3 Å². The number of aromatic nitrogens is 4. The van der Waals surface area contributed by atoms with E-state index >= 15 is 0 Å². The van der Waals surface area contributed by atoms with Crippen molar-refractivity contribution in [2.75, 3.05) is 12.1 Å². The highest BCUT2D eigenvalue weighted by Gasteiger charge is 2.16. The largest absolute Gasteiger partial charge is 0.454 e. The number of nitrogens with one attached hydrogen (secondary N) is 1. The maximum Gasteiger partial charge on any atom is 0.277 e. The van der Waals surface area contributed by atoms with Gasteiger partial charge in [0.05, 0.1) is 5.69 Å². The number of anilines is 1. The minimum Gasteiger partial charge on any atom is -0.454 e. The first-order valence-electron chi connectivity index (χ1n) is 8.79. The van der Waals surface area contributed by atoms with E-state index in [4.69, 9.17) is 14.0 Å². The Morgan fingerprint density at radius 1 is 1.17 bits per heavy atom. The van der Waals surface area contributed by atoms with Crippen LogP contribution in [0.15, 0.2) is 52.0 Å². The molecule has 4 aromatic rings. The molecule has 4 heterocycles. The molecule has 1 N–H and O–H groups in total. The lowest BCUT2D eigenvalue weighted by Crippen LogP contribution is -2.28. The van der Waals surface area contributed by atoms with Gasteiger partial charge in [-0.25, -0.2) is 4.52 Å². The number of carbonyl (C=O) groups is 1. The third-order valence-corrected chi connectivity index (χ3v) is 4.48. The predicted molar refractivity (Wildman–Crippen MR) is 101 cm³/mol. The number of hydrogen-bond acceptors (Lipinski definition) is 7. The van der Waals surface area contributed by atoms with E-state index in [1.165, 1.54) is 15.3 Å². The van der Waals surface area contributed by atoms with Gasteiger partial charge in [0.2, 0.25) is 12.7 Å². The molecule has 0 fully saturated rings. The number of nitrogens with zero attached hydrogens (tertiary/aromatic N) is 4. The van der Waals surface area contributed by atoms with E-state index in [2.05, 4.69) is 15.6 Å². The average molecular weight is 393 g/mol. The maximum absolute atomic E-state index is 12.8. The van der Waals surface area contributed by atoms with Crippen LogP contribution < -0.4 is 20.3 Å². The molecule has 10 nitrogen and oxygen atoms in total. The van der Waals surface area contributed by atoms with Crippen LogP contribution in [-0.4, -0.2) is 32.0 Å². The molecule has 0 aliphatic carbocycles. The van der Waals surface area contributed by atoms with Crippen molar-refractivity contribution in [2.45, 2.75) is 13.5 Å². The lowest BCUT2D eigenvalue weighted by molar-refractivity contribution is -0.116. The van der Waals surface area contributed by atoms with E-state index in [9.17, 15) is 9.59 Å². The summed E-state index contributed by atoms with van der Waals surface area (Å²) in [7, 11) is 0. The first kappa shape index (κ1) is 17.0. The van der Waals surface area contributed by atoms with Crippen molar-refractivity contribution in [3.63, 3.8) is 0 Å². The van der Waals surface area contributed by atoms with Crippen molar-refractivity contribution in [3.8, 4) is 22.8 Å². The van der Waals surface area contributed by atoms with Gasteiger partial charge in [0.25, 0.3) is 5.56 Å². The molecule has 0 radical (unpaired) electrons. The molecule has 1 amide bonds. The first-order valence-corrected chi connectivity index (χ1v) is 8.79. The molecule has 10 heteroatoms. The molecule has 3 aromatic heterocycles. The Bertz CT molecular complexity index is 1300. The van der Waals surface area contributed by atoms with Crippen LogP contribution in [0.25, 0.3) is 16.8 Å². The summed E-state index contributed by atoms with van der Waals surface area (Å²) >= 11 is 0. The predicted octanol–water partition coefficient (Wildman–Crippen LogP) is 1.83. The molecule has 0 bridgehead atoms. The lowest BCUT2D eigenvalue weighted by Gasteiger charge is -2.05. The summed E-state index contributed by atoms with van der Waals surface area (Å²) in [6.45, 7) is 1.74. The maximum atomic E-state index is 12.8. The Labute approximate surface area is 163 Å². The third kappa shape index (κ3) is 3.10. The smallest absolute Gasteiger partial charge is 0.277 e. The number of fused-ring (bicyclic) bond motifs is 2. The average Bonchev–Trinajstić information content (AvgIpc) is 3.43. The van der Waals surface area contributed by atoms with Gasteiger partial charge in [-0.15, -0.1) is 0 Å². The second-order valence-corrected chi connectivity index (χ2v) is 6.53. The van der Waals surface area contributed by atoms with Crippen molar-refractivity contribution >= 4 is 17.2 Å². The summed E-state index contributed by atoms with van der Waals surface area (Å²) in [6, 6.07) is 8.74. The van der Waals surface area contributed by atoms with Crippen molar-refractivity contribution in [1.29, 1.82) is 0 Å². The van der Waals surface area contributed by atoms with Gasteiger partial charge >= 0.3 is 0 Å². The third-order valence-electron chi connectivity index (χ3n) is 4.48. The van der Waals surface area contributed by atoms with E-state index in [1.807, 2.05) is 12.1 Å². The summed E-state index contributed by atoms with van der Waals surface area (Å²) in [5.74, 6) is 1.80. The van der Waals surface area contributed by atoms with E-state index < -0.39 is 0 Å². The van der Waals surface area contributed by atoms with Crippen LogP contribution in [0.3, 0.4) is 0 Å². The molecule has 0 spiro atoms. The molecule has 0 unspecified atom stereocenters. The van der Waals surface area contributed by atoms with Crippen molar-refractivity contribution in [2.24, 2.45) is 0 Å². The van der Waals surface area contributed by atoms with Gasteiger partial charge in [0, 0.05) is 24.0 Å². The Morgan fingerprint density at radius 2 is 2.03 bits per heavy atom. The van der Waals surface area contributed by atoms with E-state index in [-0.39, 0.29) is 24.8 Å². The second-order valence-electron chi connectivity index (χ2n) is 6.53. The Kier molecular flexibility index (Phi) is 3.83. The molecule has 1 aliphatic heterocycles. The highest BCUT2D eigenvalue weighted by molar-refractivity contribution is 5.89.